The van der Waals surface area contributed by atoms with Crippen LogP contribution in [-0.4, -0.2) is 11.2 Å². The Morgan fingerprint density at radius 3 is 1.89 bits per heavy atom. The lowest BCUT2D eigenvalue weighted by molar-refractivity contribution is 0.187. The summed E-state index contributed by atoms with van der Waals surface area (Å²) in [4.78, 5) is 11.0. The van der Waals surface area contributed by atoms with Crippen LogP contribution in [0.5, 0.6) is 0 Å². The number of carbonyl (C=O) groups is 1. The van der Waals surface area contributed by atoms with Crippen LogP contribution in [0.15, 0.2) is 60.7 Å². The van der Waals surface area contributed by atoms with E-state index in [4.69, 9.17) is 10.8 Å². The Morgan fingerprint density at radius 2 is 1.42 bits per heavy atom. The summed E-state index contributed by atoms with van der Waals surface area (Å²) in [5, 5.41) is 11.5. The quantitative estimate of drug-likeness (QED) is 0.787. The van der Waals surface area contributed by atoms with Gasteiger partial charge in [-0.15, -0.1) is 0 Å². The molecule has 4 N–H and O–H groups in total. The van der Waals surface area contributed by atoms with Crippen LogP contribution >= 0.6 is 0 Å². The number of benzene rings is 2. The summed E-state index contributed by atoms with van der Waals surface area (Å²) < 4.78 is 0. The molecular formula is C15H16N2O2. The minimum absolute atomic E-state index is 0.431. The van der Waals surface area contributed by atoms with Gasteiger partial charge in [0.25, 0.3) is 0 Å². The topological polar surface area (TPSA) is 75.3 Å². The summed E-state index contributed by atoms with van der Waals surface area (Å²) in [5.41, 5.74) is 7.94. The molecule has 0 aromatic heterocycles. The van der Waals surface area contributed by atoms with E-state index in [1.165, 1.54) is 0 Å². The van der Waals surface area contributed by atoms with Crippen LogP contribution in [0.4, 0.5) is 4.79 Å². The van der Waals surface area contributed by atoms with E-state index < -0.39 is 18.2 Å². The number of hydrogen-bond acceptors (Lipinski definition) is 2. The largest absolute Gasteiger partial charge is 0.465 e. The normalized spacial score (nSPS) is 13.5. The van der Waals surface area contributed by atoms with Crippen molar-refractivity contribution in [2.45, 2.75) is 12.1 Å². The molecular weight excluding hydrogens is 240 g/mol. The Balaban J connectivity index is 2.30. The Labute approximate surface area is 111 Å². The van der Waals surface area contributed by atoms with Gasteiger partial charge in [0.15, 0.2) is 0 Å². The number of hydrogen-bond donors (Lipinski definition) is 3. The highest BCUT2D eigenvalue weighted by molar-refractivity contribution is 5.65. The molecule has 98 valence electrons. The number of nitrogens with one attached hydrogen (secondary N) is 1. The third-order valence-electron chi connectivity index (χ3n) is 2.98. The van der Waals surface area contributed by atoms with E-state index >= 15 is 0 Å². The predicted molar refractivity (Wildman–Crippen MR) is 73.7 cm³/mol. The number of carboxylic acid groups (broad SMARTS) is 1. The molecule has 0 aliphatic carbocycles. The van der Waals surface area contributed by atoms with Gasteiger partial charge in [0, 0.05) is 0 Å². The van der Waals surface area contributed by atoms with Gasteiger partial charge in [0.05, 0.1) is 12.1 Å². The van der Waals surface area contributed by atoms with Crippen LogP contribution in [0.2, 0.25) is 0 Å². The molecule has 0 spiro atoms. The Hall–Kier alpha value is -2.33. The highest BCUT2D eigenvalue weighted by Gasteiger charge is 2.22. The first-order valence-corrected chi connectivity index (χ1v) is 6.03. The zero-order valence-electron chi connectivity index (χ0n) is 10.4. The van der Waals surface area contributed by atoms with Gasteiger partial charge in [-0.05, 0) is 11.1 Å². The minimum Gasteiger partial charge on any atom is -0.465 e. The fourth-order valence-corrected chi connectivity index (χ4v) is 2.04. The zero-order valence-corrected chi connectivity index (χ0v) is 10.4. The third kappa shape index (κ3) is 3.33. The van der Waals surface area contributed by atoms with Gasteiger partial charge in [-0.3, -0.25) is 0 Å². The number of rotatable bonds is 4. The van der Waals surface area contributed by atoms with Gasteiger partial charge in [-0.1, -0.05) is 60.7 Å². The second-order valence-corrected chi connectivity index (χ2v) is 4.27. The lowest BCUT2D eigenvalue weighted by Gasteiger charge is -2.24. The maximum absolute atomic E-state index is 11.0. The summed E-state index contributed by atoms with van der Waals surface area (Å²) in [7, 11) is 0. The molecule has 0 bridgehead atoms. The summed E-state index contributed by atoms with van der Waals surface area (Å²) >= 11 is 0. The van der Waals surface area contributed by atoms with E-state index in [1.54, 1.807) is 0 Å². The summed E-state index contributed by atoms with van der Waals surface area (Å²) in [6.45, 7) is 0. The molecule has 0 aliphatic rings. The maximum Gasteiger partial charge on any atom is 0.405 e. The predicted octanol–water partition coefficient (Wildman–Crippen LogP) is 2.70. The van der Waals surface area contributed by atoms with Crippen molar-refractivity contribution >= 4 is 6.09 Å². The molecule has 0 aliphatic heterocycles. The van der Waals surface area contributed by atoms with E-state index in [1.807, 2.05) is 60.7 Å². The average Bonchev–Trinajstić information content (AvgIpc) is 2.46. The van der Waals surface area contributed by atoms with Crippen LogP contribution in [0, 0.1) is 0 Å². The fraction of sp³-hybridized carbons (Fsp3) is 0.133. The molecule has 0 radical (unpaired) electrons. The van der Waals surface area contributed by atoms with Crippen LogP contribution < -0.4 is 11.1 Å². The first-order valence-electron chi connectivity index (χ1n) is 6.03. The van der Waals surface area contributed by atoms with Crippen molar-refractivity contribution in [1.29, 1.82) is 0 Å². The van der Waals surface area contributed by atoms with Gasteiger partial charge >= 0.3 is 6.09 Å². The van der Waals surface area contributed by atoms with Gasteiger partial charge in [-0.25, -0.2) is 4.79 Å². The molecule has 4 nitrogen and oxygen atoms in total. The zero-order chi connectivity index (χ0) is 13.7. The third-order valence-corrected chi connectivity index (χ3v) is 2.98. The molecule has 0 saturated carbocycles. The molecule has 2 aromatic carbocycles. The molecule has 0 heterocycles. The van der Waals surface area contributed by atoms with Crippen molar-refractivity contribution in [3.05, 3.63) is 71.8 Å². The lowest BCUT2D eigenvalue weighted by Crippen LogP contribution is -2.35. The molecule has 0 fully saturated rings. The molecule has 1 amide bonds. The maximum atomic E-state index is 11.0. The van der Waals surface area contributed by atoms with Gasteiger partial charge in [0.2, 0.25) is 0 Å². The van der Waals surface area contributed by atoms with E-state index in [0.29, 0.717) is 0 Å². The smallest absolute Gasteiger partial charge is 0.405 e. The summed E-state index contributed by atoms with van der Waals surface area (Å²) in [6.07, 6.45) is -1.08. The van der Waals surface area contributed by atoms with Crippen LogP contribution in [0.3, 0.4) is 0 Å². The van der Waals surface area contributed by atoms with Crippen LogP contribution in [-0.2, 0) is 0 Å². The summed E-state index contributed by atoms with van der Waals surface area (Å²) in [6, 6.07) is 17.9. The summed E-state index contributed by atoms with van der Waals surface area (Å²) in [5.74, 6) is 0. The van der Waals surface area contributed by atoms with Crippen molar-refractivity contribution in [3.8, 4) is 0 Å². The van der Waals surface area contributed by atoms with E-state index in [9.17, 15) is 4.79 Å². The first kappa shape index (κ1) is 13.1. The molecule has 2 aromatic rings. The Morgan fingerprint density at radius 1 is 0.947 bits per heavy atom. The van der Waals surface area contributed by atoms with Crippen molar-refractivity contribution in [1.82, 2.24) is 5.32 Å². The fourth-order valence-electron chi connectivity index (χ4n) is 2.04. The van der Waals surface area contributed by atoms with Gasteiger partial charge in [-0.2, -0.15) is 0 Å². The van der Waals surface area contributed by atoms with Crippen molar-refractivity contribution in [2.75, 3.05) is 0 Å². The van der Waals surface area contributed by atoms with Gasteiger partial charge in [0.1, 0.15) is 0 Å². The molecule has 0 saturated heterocycles. The van der Waals surface area contributed by atoms with Crippen molar-refractivity contribution in [3.63, 3.8) is 0 Å². The Bertz CT molecular complexity index is 528. The molecule has 2 rings (SSSR count). The second kappa shape index (κ2) is 6.02. The Kier molecular flexibility index (Phi) is 4.15. The minimum atomic E-state index is -1.08. The standard InChI is InChI=1S/C15H16N2O2/c16-13(11-7-3-1-4-8-11)14(17-15(18)19)12-9-5-2-6-10-12/h1-10,13-14,17H,16H2,(H,18,19). The van der Waals surface area contributed by atoms with Crippen molar-refractivity contribution < 1.29 is 9.90 Å². The molecule has 4 heteroatoms. The van der Waals surface area contributed by atoms with Crippen LogP contribution in [0.1, 0.15) is 23.2 Å². The van der Waals surface area contributed by atoms with E-state index in [-0.39, 0.29) is 0 Å². The highest BCUT2D eigenvalue weighted by Crippen LogP contribution is 2.26. The average molecular weight is 256 g/mol. The van der Waals surface area contributed by atoms with E-state index in [0.717, 1.165) is 11.1 Å². The van der Waals surface area contributed by atoms with Crippen molar-refractivity contribution in [2.24, 2.45) is 5.73 Å². The first-order chi connectivity index (χ1) is 9.18. The van der Waals surface area contributed by atoms with Gasteiger partial charge < -0.3 is 16.2 Å². The second-order valence-electron chi connectivity index (χ2n) is 4.27. The number of amides is 1. The SMILES string of the molecule is NC(c1ccccc1)C(NC(=O)O)c1ccccc1. The molecule has 2 unspecified atom stereocenters. The lowest BCUT2D eigenvalue weighted by atomic mass is 9.94. The van der Waals surface area contributed by atoms with Crippen LogP contribution in [0.25, 0.3) is 0 Å². The monoisotopic (exact) mass is 256 g/mol. The van der Waals surface area contributed by atoms with E-state index in [2.05, 4.69) is 5.32 Å². The molecule has 19 heavy (non-hydrogen) atoms. The highest BCUT2D eigenvalue weighted by atomic mass is 16.4. The molecule has 2 atom stereocenters. The number of nitrogens with two attached hydrogens (primary N) is 1.